The molecule has 0 aliphatic carbocycles. The smallest absolute Gasteiger partial charge is 0.189 e. The highest BCUT2D eigenvalue weighted by molar-refractivity contribution is 9.10. The molecule has 0 fully saturated rings. The molecule has 0 atom stereocenters. The first-order valence-corrected chi connectivity index (χ1v) is 16.1. The van der Waals surface area contributed by atoms with Crippen LogP contribution >= 0.6 is 27.5 Å². The van der Waals surface area contributed by atoms with Crippen LogP contribution < -0.4 is 4.74 Å². The topological polar surface area (TPSA) is 68.0 Å². The number of aromatic nitrogens is 2. The molecule has 0 aliphatic heterocycles. The predicted octanol–water partition coefficient (Wildman–Crippen LogP) is 7.88. The van der Waals surface area contributed by atoms with E-state index in [0.717, 1.165) is 22.7 Å². The van der Waals surface area contributed by atoms with E-state index in [1.165, 1.54) is 6.20 Å². The molecule has 1 aromatic carbocycles. The van der Waals surface area contributed by atoms with Gasteiger partial charge in [-0.2, -0.15) is 5.26 Å². The van der Waals surface area contributed by atoms with Crippen LogP contribution in [0.4, 0.5) is 0 Å². The minimum Gasteiger partial charge on any atom is -0.466 e. The lowest BCUT2D eigenvalue weighted by molar-refractivity contribution is 0.0225. The molecule has 3 aromatic rings. The molecule has 0 N–H and O–H groups in total. The molecule has 180 valence electrons. The van der Waals surface area contributed by atoms with Crippen molar-refractivity contribution in [3.05, 3.63) is 50.7 Å². The maximum atomic E-state index is 9.69. The zero-order chi connectivity index (χ0) is 25.3. The van der Waals surface area contributed by atoms with Gasteiger partial charge in [-0.1, -0.05) is 58.1 Å². The fraction of sp³-hybridized carbons (Fsp3) is 0.423. The number of ether oxygens (including phenoxy) is 2. The molecule has 34 heavy (non-hydrogen) atoms. The quantitative estimate of drug-likeness (QED) is 0.167. The summed E-state index contributed by atoms with van der Waals surface area (Å²) in [7, 11) is -1.20. The average molecular weight is 561 g/mol. The molecule has 0 saturated carbocycles. The van der Waals surface area contributed by atoms with Crippen LogP contribution in [0.25, 0.3) is 22.2 Å². The zero-order valence-electron chi connectivity index (χ0n) is 20.8. The van der Waals surface area contributed by atoms with E-state index in [1.54, 1.807) is 6.20 Å². The van der Waals surface area contributed by atoms with Gasteiger partial charge in [-0.3, -0.25) is 4.98 Å². The van der Waals surface area contributed by atoms with Crippen molar-refractivity contribution in [3.63, 3.8) is 0 Å². The Morgan fingerprint density at radius 2 is 1.88 bits per heavy atom. The summed E-state index contributed by atoms with van der Waals surface area (Å²) in [4.78, 5) is 9.05. The van der Waals surface area contributed by atoms with E-state index in [4.69, 9.17) is 26.1 Å². The van der Waals surface area contributed by atoms with Gasteiger partial charge in [-0.25, -0.2) is 4.98 Å². The number of rotatable bonds is 7. The lowest BCUT2D eigenvalue weighted by Crippen LogP contribution is -2.22. The van der Waals surface area contributed by atoms with Crippen LogP contribution in [0, 0.1) is 18.3 Å². The predicted molar refractivity (Wildman–Crippen MR) is 145 cm³/mol. The van der Waals surface area contributed by atoms with Crippen molar-refractivity contribution >= 4 is 46.5 Å². The van der Waals surface area contributed by atoms with Crippen LogP contribution in [-0.4, -0.2) is 31.4 Å². The second kappa shape index (κ2) is 10.3. The SMILES string of the molecule is Cc1cc(C(C)(C)C)c(Cl)cc1-c1nc2cncc(C#N)c2c(OCOCC[Si](C)(C)C)c1Br. The number of benzene rings is 1. The summed E-state index contributed by atoms with van der Waals surface area (Å²) >= 11 is 10.4. The van der Waals surface area contributed by atoms with Gasteiger partial charge in [0.1, 0.15) is 11.8 Å². The maximum absolute atomic E-state index is 9.69. The number of hydrogen-bond donors (Lipinski definition) is 0. The van der Waals surface area contributed by atoms with Gasteiger partial charge in [0.15, 0.2) is 6.79 Å². The largest absolute Gasteiger partial charge is 0.466 e. The van der Waals surface area contributed by atoms with Gasteiger partial charge in [0.05, 0.1) is 32.8 Å². The first-order chi connectivity index (χ1) is 15.8. The normalized spacial score (nSPS) is 12.1. The van der Waals surface area contributed by atoms with E-state index < -0.39 is 8.07 Å². The number of nitriles is 1. The third-order valence-electron chi connectivity index (χ3n) is 5.57. The van der Waals surface area contributed by atoms with Gasteiger partial charge in [-0.05, 0) is 51.5 Å². The minimum atomic E-state index is -1.20. The fourth-order valence-corrected chi connectivity index (χ4v) is 5.43. The number of aryl methyl sites for hydroxylation is 1. The number of hydrogen-bond acceptors (Lipinski definition) is 5. The van der Waals surface area contributed by atoms with E-state index in [9.17, 15) is 5.26 Å². The Bertz CT molecular complexity index is 1260. The Hall–Kier alpha value is -1.98. The molecule has 0 spiro atoms. The van der Waals surface area contributed by atoms with Crippen molar-refractivity contribution in [2.75, 3.05) is 13.4 Å². The molecule has 0 saturated heterocycles. The Labute approximate surface area is 216 Å². The van der Waals surface area contributed by atoms with E-state index in [-0.39, 0.29) is 12.2 Å². The van der Waals surface area contributed by atoms with Crippen LogP contribution in [0.3, 0.4) is 0 Å². The molecule has 3 rings (SSSR count). The van der Waals surface area contributed by atoms with Crippen molar-refractivity contribution in [3.8, 4) is 23.1 Å². The Morgan fingerprint density at radius 3 is 2.50 bits per heavy atom. The molecule has 0 unspecified atom stereocenters. The maximum Gasteiger partial charge on any atom is 0.189 e. The standard InChI is InChI=1S/C26H31BrClN3O2Si/c1-16-10-19(26(2,3)4)20(28)11-18(16)24-23(27)25(33-15-32-8-9-34(5,6)7)22-17(12-29)13-30-14-21(22)31-24/h10-11,13-14H,8-9,15H2,1-7H3. The average Bonchev–Trinajstić information content (AvgIpc) is 2.74. The van der Waals surface area contributed by atoms with Gasteiger partial charge in [-0.15, -0.1) is 0 Å². The molecule has 0 aliphatic rings. The van der Waals surface area contributed by atoms with Crippen LogP contribution in [0.2, 0.25) is 30.7 Å². The monoisotopic (exact) mass is 559 g/mol. The number of nitrogens with zero attached hydrogens (tertiary/aromatic N) is 3. The van der Waals surface area contributed by atoms with Crippen molar-refractivity contribution in [2.24, 2.45) is 0 Å². The Kier molecular flexibility index (Phi) is 8.09. The number of halogens is 2. The van der Waals surface area contributed by atoms with Crippen molar-refractivity contribution in [1.82, 2.24) is 9.97 Å². The molecular formula is C26H31BrClN3O2Si. The second-order valence-electron chi connectivity index (χ2n) is 10.7. The van der Waals surface area contributed by atoms with Gasteiger partial charge >= 0.3 is 0 Å². The van der Waals surface area contributed by atoms with E-state index in [0.29, 0.717) is 44.0 Å². The highest BCUT2D eigenvalue weighted by Gasteiger charge is 2.23. The molecule has 2 heterocycles. The zero-order valence-corrected chi connectivity index (χ0v) is 24.2. The van der Waals surface area contributed by atoms with Crippen LogP contribution in [0.1, 0.15) is 37.5 Å². The van der Waals surface area contributed by atoms with Gasteiger partial charge in [0.2, 0.25) is 0 Å². The highest BCUT2D eigenvalue weighted by Crippen LogP contribution is 2.43. The van der Waals surface area contributed by atoms with Gasteiger partial charge in [0.25, 0.3) is 0 Å². The summed E-state index contributed by atoms with van der Waals surface area (Å²) < 4.78 is 12.5. The first kappa shape index (κ1) is 26.6. The lowest BCUT2D eigenvalue weighted by Gasteiger charge is -2.23. The summed E-state index contributed by atoms with van der Waals surface area (Å²) in [5.74, 6) is 0.516. The van der Waals surface area contributed by atoms with Crippen molar-refractivity contribution < 1.29 is 9.47 Å². The molecule has 0 bridgehead atoms. The number of fused-ring (bicyclic) bond motifs is 1. The fourth-order valence-electron chi connectivity index (χ4n) is 3.61. The third kappa shape index (κ3) is 5.98. The van der Waals surface area contributed by atoms with Crippen LogP contribution in [0.5, 0.6) is 5.75 Å². The summed E-state index contributed by atoms with van der Waals surface area (Å²) in [6.07, 6.45) is 3.17. The summed E-state index contributed by atoms with van der Waals surface area (Å²) in [6, 6.07) is 7.31. The molecule has 0 amide bonds. The minimum absolute atomic E-state index is 0.0809. The summed E-state index contributed by atoms with van der Waals surface area (Å²) in [5, 5.41) is 11.0. The van der Waals surface area contributed by atoms with Crippen LogP contribution in [-0.2, 0) is 10.2 Å². The Morgan fingerprint density at radius 1 is 1.18 bits per heavy atom. The van der Waals surface area contributed by atoms with Crippen molar-refractivity contribution in [2.45, 2.75) is 58.8 Å². The summed E-state index contributed by atoms with van der Waals surface area (Å²) in [6.45, 7) is 16.1. The lowest BCUT2D eigenvalue weighted by atomic mass is 9.85. The summed E-state index contributed by atoms with van der Waals surface area (Å²) in [5.41, 5.74) is 4.58. The molecule has 5 nitrogen and oxygen atoms in total. The third-order valence-corrected chi connectivity index (χ3v) is 8.33. The molecule has 2 aromatic heterocycles. The first-order valence-electron chi connectivity index (χ1n) is 11.2. The molecule has 0 radical (unpaired) electrons. The van der Waals surface area contributed by atoms with Gasteiger partial charge in [0, 0.05) is 31.5 Å². The second-order valence-corrected chi connectivity index (χ2v) is 17.5. The molecule has 8 heteroatoms. The number of pyridine rings is 2. The molecular weight excluding hydrogens is 530 g/mol. The van der Waals surface area contributed by atoms with E-state index in [1.807, 2.05) is 13.0 Å². The Balaban J connectivity index is 2.10. The van der Waals surface area contributed by atoms with Crippen molar-refractivity contribution in [1.29, 1.82) is 5.26 Å². The van der Waals surface area contributed by atoms with Gasteiger partial charge < -0.3 is 9.47 Å². The van der Waals surface area contributed by atoms with Crippen LogP contribution in [0.15, 0.2) is 29.0 Å². The van der Waals surface area contributed by atoms with E-state index >= 15 is 0 Å². The highest BCUT2D eigenvalue weighted by atomic mass is 79.9. The van der Waals surface area contributed by atoms with E-state index in [2.05, 4.69) is 73.5 Å².